The highest BCUT2D eigenvalue weighted by atomic mass is 32.2. The summed E-state index contributed by atoms with van der Waals surface area (Å²) in [4.78, 5) is 10.3. The lowest BCUT2D eigenvalue weighted by atomic mass is 10.1. The quantitative estimate of drug-likeness (QED) is 0.609. The zero-order chi connectivity index (χ0) is 17.3. The molecule has 128 valence electrons. The molecule has 0 saturated carbocycles. The van der Waals surface area contributed by atoms with E-state index < -0.39 is 14.9 Å². The molecular weight excluding hydrogens is 332 g/mol. The molecule has 1 saturated heterocycles. The van der Waals surface area contributed by atoms with Crippen molar-refractivity contribution in [1.82, 2.24) is 14.1 Å². The zero-order valence-electron chi connectivity index (χ0n) is 13.2. The van der Waals surface area contributed by atoms with Crippen molar-refractivity contribution in [2.24, 2.45) is 0 Å². The van der Waals surface area contributed by atoms with E-state index in [1.165, 1.54) is 22.5 Å². The number of rotatable bonds is 5. The average molecular weight is 350 g/mol. The maximum Gasteiger partial charge on any atom is 0.270 e. The van der Waals surface area contributed by atoms with E-state index in [0.717, 1.165) is 18.2 Å². The van der Waals surface area contributed by atoms with E-state index in [-0.39, 0.29) is 16.6 Å². The van der Waals surface area contributed by atoms with Crippen molar-refractivity contribution in [3.63, 3.8) is 0 Å². The van der Waals surface area contributed by atoms with Crippen LogP contribution >= 0.6 is 0 Å². The van der Waals surface area contributed by atoms with E-state index in [0.29, 0.717) is 19.5 Å². The number of nitro benzene ring substituents is 1. The summed E-state index contributed by atoms with van der Waals surface area (Å²) < 4.78 is 29.2. The van der Waals surface area contributed by atoms with E-state index in [2.05, 4.69) is 5.10 Å². The first-order valence-electron chi connectivity index (χ1n) is 7.73. The van der Waals surface area contributed by atoms with E-state index in [4.69, 9.17) is 0 Å². The smallest absolute Gasteiger partial charge is 0.268 e. The van der Waals surface area contributed by atoms with E-state index in [1.807, 2.05) is 13.0 Å². The summed E-state index contributed by atoms with van der Waals surface area (Å²) in [5.41, 5.74) is 0.620. The second-order valence-electron chi connectivity index (χ2n) is 5.60. The van der Waals surface area contributed by atoms with Crippen LogP contribution in [0.5, 0.6) is 0 Å². The highest BCUT2D eigenvalue weighted by molar-refractivity contribution is 7.89. The molecule has 1 unspecified atom stereocenters. The SMILES string of the molecule is CCn1nccc1C1CCCN1S(=O)(=O)c1cccc([N+](=O)[O-])c1. The summed E-state index contributed by atoms with van der Waals surface area (Å²) in [7, 11) is -3.81. The monoisotopic (exact) mass is 350 g/mol. The molecule has 8 nitrogen and oxygen atoms in total. The first-order valence-corrected chi connectivity index (χ1v) is 9.17. The number of aryl methyl sites for hydroxylation is 1. The largest absolute Gasteiger partial charge is 0.270 e. The van der Waals surface area contributed by atoms with Gasteiger partial charge in [0.25, 0.3) is 5.69 Å². The van der Waals surface area contributed by atoms with Crippen molar-refractivity contribution in [2.75, 3.05) is 6.54 Å². The number of non-ortho nitro benzene ring substituents is 1. The number of benzene rings is 1. The molecule has 0 radical (unpaired) electrons. The molecule has 1 aromatic heterocycles. The standard InChI is InChI=1S/C15H18N4O4S/c1-2-17-14(8-9-16-17)15-7-4-10-18(15)24(22,23)13-6-3-5-12(11-13)19(20)21/h3,5-6,8-9,11,15H,2,4,7,10H2,1H3. The van der Waals surface area contributed by atoms with Crippen LogP contribution < -0.4 is 0 Å². The number of sulfonamides is 1. The number of hydrogen-bond donors (Lipinski definition) is 0. The molecule has 0 bridgehead atoms. The normalized spacial score (nSPS) is 18.8. The number of aromatic nitrogens is 2. The fourth-order valence-electron chi connectivity index (χ4n) is 3.11. The molecule has 0 aliphatic carbocycles. The minimum atomic E-state index is -3.81. The van der Waals surface area contributed by atoms with Gasteiger partial charge in [-0.05, 0) is 31.9 Å². The molecule has 1 aliphatic rings. The molecule has 2 heterocycles. The third kappa shape index (κ3) is 2.80. The predicted molar refractivity (Wildman–Crippen MR) is 86.9 cm³/mol. The van der Waals surface area contributed by atoms with Crippen molar-refractivity contribution in [2.45, 2.75) is 37.2 Å². The lowest BCUT2D eigenvalue weighted by Gasteiger charge is -2.24. The van der Waals surface area contributed by atoms with Crippen molar-refractivity contribution < 1.29 is 13.3 Å². The molecule has 9 heteroatoms. The van der Waals surface area contributed by atoms with Gasteiger partial charge < -0.3 is 0 Å². The summed E-state index contributed by atoms with van der Waals surface area (Å²) >= 11 is 0. The van der Waals surface area contributed by atoms with E-state index in [1.54, 1.807) is 10.9 Å². The van der Waals surface area contributed by atoms with Gasteiger partial charge in [-0.25, -0.2) is 8.42 Å². The lowest BCUT2D eigenvalue weighted by molar-refractivity contribution is -0.385. The molecule has 1 atom stereocenters. The fourth-order valence-corrected chi connectivity index (χ4v) is 4.82. The van der Waals surface area contributed by atoms with Gasteiger partial charge in [-0.3, -0.25) is 14.8 Å². The van der Waals surface area contributed by atoms with Crippen LogP contribution in [0.3, 0.4) is 0 Å². The van der Waals surface area contributed by atoms with Crippen LogP contribution in [0.1, 0.15) is 31.5 Å². The van der Waals surface area contributed by atoms with Crippen LogP contribution in [0, 0.1) is 10.1 Å². The minimum absolute atomic E-state index is 0.0498. The van der Waals surface area contributed by atoms with Crippen molar-refractivity contribution in [3.8, 4) is 0 Å². The van der Waals surface area contributed by atoms with Gasteiger partial charge in [0.1, 0.15) is 0 Å². The van der Waals surface area contributed by atoms with Crippen LogP contribution in [0.25, 0.3) is 0 Å². The number of hydrogen-bond acceptors (Lipinski definition) is 5. The second-order valence-corrected chi connectivity index (χ2v) is 7.49. The van der Waals surface area contributed by atoms with Gasteiger partial charge in [0.15, 0.2) is 0 Å². The van der Waals surface area contributed by atoms with Crippen molar-refractivity contribution in [3.05, 3.63) is 52.3 Å². The van der Waals surface area contributed by atoms with Crippen LogP contribution in [-0.4, -0.2) is 34.0 Å². The van der Waals surface area contributed by atoms with Gasteiger partial charge in [0.05, 0.1) is 21.6 Å². The van der Waals surface area contributed by atoms with Gasteiger partial charge in [-0.2, -0.15) is 9.40 Å². The van der Waals surface area contributed by atoms with E-state index >= 15 is 0 Å². The summed E-state index contributed by atoms with van der Waals surface area (Å²) in [6.45, 7) is 3.00. The third-order valence-corrected chi connectivity index (χ3v) is 6.13. The van der Waals surface area contributed by atoms with Crippen LogP contribution in [0.2, 0.25) is 0 Å². The summed E-state index contributed by atoms with van der Waals surface area (Å²) in [6, 6.07) is 6.72. The molecule has 1 aromatic carbocycles. The first-order chi connectivity index (χ1) is 11.4. The van der Waals surface area contributed by atoms with Gasteiger partial charge in [-0.1, -0.05) is 6.07 Å². The van der Waals surface area contributed by atoms with Crippen molar-refractivity contribution in [1.29, 1.82) is 0 Å². The first kappa shape index (κ1) is 16.6. The molecule has 0 amide bonds. The molecule has 1 aliphatic heterocycles. The Bertz CT molecular complexity index is 862. The van der Waals surface area contributed by atoms with Gasteiger partial charge >= 0.3 is 0 Å². The Morgan fingerprint density at radius 2 is 2.17 bits per heavy atom. The maximum atomic E-state index is 13.0. The average Bonchev–Trinajstić information content (AvgIpc) is 3.23. The Balaban J connectivity index is 2.00. The van der Waals surface area contributed by atoms with Gasteiger partial charge in [-0.15, -0.1) is 0 Å². The molecule has 2 aromatic rings. The molecule has 1 fully saturated rings. The van der Waals surface area contributed by atoms with Crippen LogP contribution in [0.15, 0.2) is 41.4 Å². The Morgan fingerprint density at radius 3 is 2.88 bits per heavy atom. The summed E-state index contributed by atoms with van der Waals surface area (Å²) in [5.74, 6) is 0. The predicted octanol–water partition coefficient (Wildman–Crippen LogP) is 2.34. The Morgan fingerprint density at radius 1 is 1.38 bits per heavy atom. The van der Waals surface area contributed by atoms with Crippen LogP contribution in [-0.2, 0) is 16.6 Å². The molecule has 0 spiro atoms. The lowest BCUT2D eigenvalue weighted by Crippen LogP contribution is -2.31. The molecule has 3 rings (SSSR count). The fraction of sp³-hybridized carbons (Fsp3) is 0.400. The highest BCUT2D eigenvalue weighted by Gasteiger charge is 2.38. The third-order valence-electron chi connectivity index (χ3n) is 4.23. The summed E-state index contributed by atoms with van der Waals surface area (Å²) in [5, 5.41) is 15.1. The summed E-state index contributed by atoms with van der Waals surface area (Å²) in [6.07, 6.45) is 3.11. The Hall–Kier alpha value is -2.26. The zero-order valence-corrected chi connectivity index (χ0v) is 14.0. The van der Waals surface area contributed by atoms with E-state index in [9.17, 15) is 18.5 Å². The molecule has 24 heavy (non-hydrogen) atoms. The Labute approximate surface area is 139 Å². The van der Waals surface area contributed by atoms with Gasteiger partial charge in [0, 0.05) is 31.4 Å². The topological polar surface area (TPSA) is 98.3 Å². The molecule has 0 N–H and O–H groups in total. The maximum absolute atomic E-state index is 13.0. The second kappa shape index (κ2) is 6.33. The van der Waals surface area contributed by atoms with Crippen LogP contribution in [0.4, 0.5) is 5.69 Å². The number of nitrogens with zero attached hydrogens (tertiary/aromatic N) is 4. The number of nitro groups is 1. The molecular formula is C15H18N4O4S. The van der Waals surface area contributed by atoms with Crippen molar-refractivity contribution >= 4 is 15.7 Å². The Kier molecular flexibility index (Phi) is 4.37. The van der Waals surface area contributed by atoms with Gasteiger partial charge in [0.2, 0.25) is 10.0 Å². The highest BCUT2D eigenvalue weighted by Crippen LogP contribution is 2.36. The minimum Gasteiger partial charge on any atom is -0.268 e.